The summed E-state index contributed by atoms with van der Waals surface area (Å²) in [6.45, 7) is 8.58. The van der Waals surface area contributed by atoms with Gasteiger partial charge in [-0.05, 0) is 47.2 Å². The van der Waals surface area contributed by atoms with Gasteiger partial charge in [-0.1, -0.05) is 0 Å². The van der Waals surface area contributed by atoms with Crippen molar-refractivity contribution in [3.8, 4) is 0 Å². The van der Waals surface area contributed by atoms with E-state index in [4.69, 9.17) is 0 Å². The molecule has 0 aromatic carbocycles. The number of carbonyl (C=O) groups is 1. The summed E-state index contributed by atoms with van der Waals surface area (Å²) in [5.41, 5.74) is -0.130. The van der Waals surface area contributed by atoms with Crippen LogP contribution in [0.15, 0.2) is 0 Å². The van der Waals surface area contributed by atoms with Crippen molar-refractivity contribution in [3.63, 3.8) is 0 Å². The molecule has 1 aliphatic rings. The third kappa shape index (κ3) is 6.86. The third-order valence-corrected chi connectivity index (χ3v) is 2.80. The number of rotatable bonds is 3. The topological polar surface area (TPSA) is 44.4 Å². The molecule has 1 saturated heterocycles. The van der Waals surface area contributed by atoms with Gasteiger partial charge in [-0.3, -0.25) is 9.69 Å². The summed E-state index contributed by atoms with van der Waals surface area (Å²) < 4.78 is 0. The predicted octanol–water partition coefficient (Wildman–Crippen LogP) is 1.01. The average Bonchev–Trinajstić information content (AvgIpc) is 2.15. The number of hydrogen-bond donors (Lipinski definition) is 2. The van der Waals surface area contributed by atoms with Crippen molar-refractivity contribution in [1.29, 1.82) is 0 Å². The highest BCUT2D eigenvalue weighted by atomic mass is 35.5. The van der Waals surface area contributed by atoms with Crippen molar-refractivity contribution in [1.82, 2.24) is 15.5 Å². The Kier molecular flexibility index (Phi) is 7.05. The van der Waals surface area contributed by atoms with Gasteiger partial charge in [0.05, 0.1) is 6.54 Å². The number of halogens is 1. The molecule has 1 heterocycles. The van der Waals surface area contributed by atoms with Crippen LogP contribution in [0.3, 0.4) is 0 Å². The summed E-state index contributed by atoms with van der Waals surface area (Å²) in [5.74, 6) is 0.129. The zero-order valence-electron chi connectivity index (χ0n) is 11.4. The summed E-state index contributed by atoms with van der Waals surface area (Å²) in [5, 5.41) is 6.28. The highest BCUT2D eigenvalue weighted by molar-refractivity contribution is 5.85. The zero-order chi connectivity index (χ0) is 12.2. The summed E-state index contributed by atoms with van der Waals surface area (Å²) >= 11 is 0. The first-order valence-electron chi connectivity index (χ1n) is 6.11. The highest BCUT2D eigenvalue weighted by Gasteiger charge is 2.21. The van der Waals surface area contributed by atoms with Gasteiger partial charge in [0, 0.05) is 18.1 Å². The van der Waals surface area contributed by atoms with Gasteiger partial charge in [-0.2, -0.15) is 0 Å². The van der Waals surface area contributed by atoms with Gasteiger partial charge in [0.1, 0.15) is 0 Å². The predicted molar refractivity (Wildman–Crippen MR) is 73.7 cm³/mol. The molecular weight excluding hydrogens is 238 g/mol. The molecule has 1 amide bonds. The fourth-order valence-corrected chi connectivity index (χ4v) is 2.10. The molecule has 1 aliphatic heterocycles. The first-order valence-corrected chi connectivity index (χ1v) is 6.11. The van der Waals surface area contributed by atoms with E-state index in [-0.39, 0.29) is 23.9 Å². The number of carbonyl (C=O) groups excluding carboxylic acids is 1. The monoisotopic (exact) mass is 263 g/mol. The molecule has 0 spiro atoms. The van der Waals surface area contributed by atoms with Gasteiger partial charge in [0.2, 0.25) is 5.91 Å². The molecule has 0 aliphatic carbocycles. The number of hydrogen-bond acceptors (Lipinski definition) is 3. The largest absolute Gasteiger partial charge is 0.350 e. The number of amides is 1. The lowest BCUT2D eigenvalue weighted by Gasteiger charge is -2.32. The molecule has 1 atom stereocenters. The van der Waals surface area contributed by atoms with Crippen molar-refractivity contribution in [2.45, 2.75) is 45.2 Å². The van der Waals surface area contributed by atoms with E-state index in [0.29, 0.717) is 12.6 Å². The zero-order valence-corrected chi connectivity index (χ0v) is 12.2. The van der Waals surface area contributed by atoms with Crippen molar-refractivity contribution < 1.29 is 4.79 Å². The maximum Gasteiger partial charge on any atom is 0.234 e. The van der Waals surface area contributed by atoms with E-state index in [9.17, 15) is 4.79 Å². The molecule has 1 rings (SSSR count). The van der Waals surface area contributed by atoms with E-state index < -0.39 is 0 Å². The van der Waals surface area contributed by atoms with Gasteiger partial charge in [-0.15, -0.1) is 12.4 Å². The maximum atomic E-state index is 11.7. The van der Waals surface area contributed by atoms with Crippen LogP contribution in [0.2, 0.25) is 0 Å². The Morgan fingerprint density at radius 3 is 2.59 bits per heavy atom. The van der Waals surface area contributed by atoms with Crippen LogP contribution in [-0.4, -0.2) is 49.1 Å². The summed E-state index contributed by atoms with van der Waals surface area (Å²) in [6, 6.07) is 0.538. The number of likely N-dealkylation sites (tertiary alicyclic amines) is 1. The summed E-state index contributed by atoms with van der Waals surface area (Å²) in [6.07, 6.45) is 2.39. The van der Waals surface area contributed by atoms with Crippen LogP contribution in [0.1, 0.15) is 33.6 Å². The van der Waals surface area contributed by atoms with Gasteiger partial charge < -0.3 is 10.6 Å². The Morgan fingerprint density at radius 2 is 2.06 bits per heavy atom. The van der Waals surface area contributed by atoms with Gasteiger partial charge in [0.15, 0.2) is 0 Å². The number of nitrogens with one attached hydrogen (secondary N) is 2. The second-order valence-electron chi connectivity index (χ2n) is 5.66. The van der Waals surface area contributed by atoms with E-state index in [2.05, 4.69) is 15.5 Å². The second kappa shape index (κ2) is 7.19. The lowest BCUT2D eigenvalue weighted by atomic mass is 10.1. The quantitative estimate of drug-likeness (QED) is 0.799. The molecule has 5 heteroatoms. The van der Waals surface area contributed by atoms with Crippen LogP contribution in [-0.2, 0) is 4.79 Å². The Bertz CT molecular complexity index is 240. The van der Waals surface area contributed by atoms with Crippen LogP contribution >= 0.6 is 12.4 Å². The Balaban J connectivity index is 0.00000256. The molecule has 0 saturated carbocycles. The summed E-state index contributed by atoms with van der Waals surface area (Å²) in [7, 11) is 1.99. The van der Waals surface area contributed by atoms with Gasteiger partial charge >= 0.3 is 0 Å². The van der Waals surface area contributed by atoms with Crippen LogP contribution in [0, 0.1) is 0 Å². The van der Waals surface area contributed by atoms with Crippen LogP contribution in [0.25, 0.3) is 0 Å². The Labute approximate surface area is 111 Å². The van der Waals surface area contributed by atoms with Gasteiger partial charge in [-0.25, -0.2) is 0 Å². The van der Waals surface area contributed by atoms with E-state index >= 15 is 0 Å². The molecular formula is C12H26ClN3O. The van der Waals surface area contributed by atoms with Crippen molar-refractivity contribution >= 4 is 18.3 Å². The highest BCUT2D eigenvalue weighted by Crippen LogP contribution is 2.09. The van der Waals surface area contributed by atoms with Crippen LogP contribution in [0.5, 0.6) is 0 Å². The van der Waals surface area contributed by atoms with Gasteiger partial charge in [0.25, 0.3) is 0 Å². The minimum absolute atomic E-state index is 0. The van der Waals surface area contributed by atoms with Crippen molar-refractivity contribution in [2.75, 3.05) is 26.7 Å². The molecule has 2 N–H and O–H groups in total. The van der Waals surface area contributed by atoms with Crippen LogP contribution < -0.4 is 10.6 Å². The lowest BCUT2D eigenvalue weighted by molar-refractivity contribution is -0.123. The molecule has 1 unspecified atom stereocenters. The minimum Gasteiger partial charge on any atom is -0.350 e. The maximum absolute atomic E-state index is 11.7. The van der Waals surface area contributed by atoms with Crippen LogP contribution in [0.4, 0.5) is 0 Å². The molecule has 1 fully saturated rings. The first kappa shape index (κ1) is 16.7. The van der Waals surface area contributed by atoms with E-state index in [1.54, 1.807) is 0 Å². The molecule has 0 aromatic heterocycles. The molecule has 102 valence electrons. The normalized spacial score (nSPS) is 21.8. The standard InChI is InChI=1S/C12H25N3O.ClH/c1-12(2,3)14-11(16)9-15-7-5-6-10(8-15)13-4;/h10,13H,5-9H2,1-4H3,(H,14,16);1H. The van der Waals surface area contributed by atoms with E-state index in [1.807, 2.05) is 27.8 Å². The molecule has 17 heavy (non-hydrogen) atoms. The Morgan fingerprint density at radius 1 is 1.41 bits per heavy atom. The molecule has 0 radical (unpaired) electrons. The number of piperidine rings is 1. The van der Waals surface area contributed by atoms with Crippen molar-refractivity contribution in [3.05, 3.63) is 0 Å². The fraction of sp³-hybridized carbons (Fsp3) is 0.917. The van der Waals surface area contributed by atoms with E-state index in [0.717, 1.165) is 13.1 Å². The SMILES string of the molecule is CNC1CCCN(CC(=O)NC(C)(C)C)C1.Cl. The van der Waals surface area contributed by atoms with E-state index in [1.165, 1.54) is 12.8 Å². The molecule has 4 nitrogen and oxygen atoms in total. The lowest BCUT2D eigenvalue weighted by Crippen LogP contribution is -2.50. The molecule has 0 bridgehead atoms. The third-order valence-electron chi connectivity index (χ3n) is 2.80. The number of nitrogens with zero attached hydrogens (tertiary/aromatic N) is 1. The Hall–Kier alpha value is -0.320. The average molecular weight is 264 g/mol. The molecule has 0 aromatic rings. The number of likely N-dealkylation sites (N-methyl/N-ethyl adjacent to an activating group) is 1. The van der Waals surface area contributed by atoms with Crippen molar-refractivity contribution in [2.24, 2.45) is 0 Å². The second-order valence-corrected chi connectivity index (χ2v) is 5.66. The minimum atomic E-state index is -0.130. The first-order chi connectivity index (χ1) is 7.40. The fourth-order valence-electron chi connectivity index (χ4n) is 2.10. The smallest absolute Gasteiger partial charge is 0.234 e. The summed E-state index contributed by atoms with van der Waals surface area (Å²) in [4.78, 5) is 14.0.